The van der Waals surface area contributed by atoms with Gasteiger partial charge >= 0.3 is 5.97 Å². The number of halogens is 4. The number of benzene rings is 1. The molecule has 12 heteroatoms. The summed E-state index contributed by atoms with van der Waals surface area (Å²) in [5.74, 6) is -2.49. The zero-order valence-corrected chi connectivity index (χ0v) is 16.9. The number of rotatable bonds is 7. The maximum atomic E-state index is 14.1. The minimum Gasteiger partial charge on any atom is -0.457 e. The van der Waals surface area contributed by atoms with Crippen LogP contribution >= 0.6 is 11.6 Å². The molecule has 0 aliphatic rings. The molecule has 32 heavy (non-hydrogen) atoms. The largest absolute Gasteiger partial charge is 0.457 e. The van der Waals surface area contributed by atoms with E-state index in [2.05, 4.69) is 15.4 Å². The van der Waals surface area contributed by atoms with Gasteiger partial charge in [-0.15, -0.1) is 0 Å². The van der Waals surface area contributed by atoms with Gasteiger partial charge < -0.3 is 14.5 Å². The van der Waals surface area contributed by atoms with E-state index in [4.69, 9.17) is 20.8 Å². The molecule has 4 aromatic rings. The van der Waals surface area contributed by atoms with Gasteiger partial charge in [0.1, 0.15) is 36.1 Å². The van der Waals surface area contributed by atoms with Crippen LogP contribution in [0.5, 0.6) is 0 Å². The quantitative estimate of drug-likeness (QED) is 0.417. The summed E-state index contributed by atoms with van der Waals surface area (Å²) in [6.45, 7) is -2.69. The number of ether oxygens (including phenoxy) is 1. The molecular weight excluding hydrogens is 453 g/mol. The average Bonchev–Trinajstić information content (AvgIpc) is 3.36. The Bertz CT molecular complexity index is 1320. The lowest BCUT2D eigenvalue weighted by Crippen LogP contribution is -2.22. The Balaban J connectivity index is 1.60. The van der Waals surface area contributed by atoms with Gasteiger partial charge in [-0.1, -0.05) is 11.6 Å². The third-order valence-corrected chi connectivity index (χ3v) is 4.95. The average molecular weight is 467 g/mol. The molecule has 0 aliphatic heterocycles. The van der Waals surface area contributed by atoms with Crippen molar-refractivity contribution in [2.24, 2.45) is 0 Å². The number of esters is 1. The molecule has 0 fully saturated rings. The number of carbonyl (C=O) groups excluding carboxylic acids is 2. The summed E-state index contributed by atoms with van der Waals surface area (Å²) in [5.41, 5.74) is 0.0117. The van der Waals surface area contributed by atoms with E-state index < -0.39 is 42.7 Å². The smallest absolute Gasteiger partial charge is 0.342 e. The fourth-order valence-electron chi connectivity index (χ4n) is 3.01. The first-order chi connectivity index (χ1) is 15.4. The van der Waals surface area contributed by atoms with E-state index in [1.54, 1.807) is 12.3 Å². The van der Waals surface area contributed by atoms with E-state index in [1.807, 2.05) is 0 Å². The van der Waals surface area contributed by atoms with E-state index in [-0.39, 0.29) is 33.9 Å². The molecule has 1 amide bonds. The Hall–Kier alpha value is -3.60. The molecule has 1 aromatic carbocycles. The molecule has 3 aromatic heterocycles. The molecule has 1 N–H and O–H groups in total. The Kier molecular flexibility index (Phi) is 5.99. The van der Waals surface area contributed by atoms with E-state index in [9.17, 15) is 22.8 Å². The van der Waals surface area contributed by atoms with E-state index in [1.165, 1.54) is 16.9 Å². The highest BCUT2D eigenvalue weighted by Gasteiger charge is 2.24. The normalized spacial score (nSPS) is 11.4. The Morgan fingerprint density at radius 2 is 2.03 bits per heavy atom. The second-order valence-corrected chi connectivity index (χ2v) is 7.01. The zero-order chi connectivity index (χ0) is 22.8. The van der Waals surface area contributed by atoms with Crippen molar-refractivity contribution in [3.8, 4) is 0 Å². The van der Waals surface area contributed by atoms with Crippen LogP contribution < -0.4 is 5.32 Å². The van der Waals surface area contributed by atoms with Gasteiger partial charge in [0.2, 0.25) is 0 Å². The second-order valence-electron chi connectivity index (χ2n) is 6.63. The van der Waals surface area contributed by atoms with Gasteiger partial charge in [0.25, 0.3) is 5.91 Å². The van der Waals surface area contributed by atoms with Gasteiger partial charge in [-0.2, -0.15) is 5.10 Å². The minimum atomic E-state index is -1.62. The minimum absolute atomic E-state index is 0.0339. The molecule has 0 atom stereocenters. The van der Waals surface area contributed by atoms with Gasteiger partial charge in [-0.05, 0) is 18.2 Å². The predicted molar refractivity (Wildman–Crippen MR) is 106 cm³/mol. The highest BCUT2D eigenvalue weighted by Crippen LogP contribution is 2.34. The lowest BCUT2D eigenvalue weighted by molar-refractivity contribution is 0.0173. The van der Waals surface area contributed by atoms with Crippen LogP contribution in [0.25, 0.3) is 16.6 Å². The molecule has 8 nitrogen and oxygen atoms in total. The summed E-state index contributed by atoms with van der Waals surface area (Å²) < 4.78 is 51.1. The molecule has 3 heterocycles. The van der Waals surface area contributed by atoms with Crippen molar-refractivity contribution < 1.29 is 31.9 Å². The first-order valence-corrected chi connectivity index (χ1v) is 9.60. The number of carbonyl (C=O) groups is 2. The lowest BCUT2D eigenvalue weighted by atomic mass is 10.1. The van der Waals surface area contributed by atoms with E-state index in [0.717, 1.165) is 12.1 Å². The molecular formula is C20H14ClF3N4O4. The predicted octanol–water partition coefficient (Wildman–Crippen LogP) is 3.66. The molecule has 0 saturated carbocycles. The van der Waals surface area contributed by atoms with Crippen LogP contribution in [0, 0.1) is 5.82 Å². The number of nitrogens with zero attached hydrogens (tertiary/aromatic N) is 3. The van der Waals surface area contributed by atoms with Gasteiger partial charge in [0.05, 0.1) is 17.8 Å². The van der Waals surface area contributed by atoms with Crippen molar-refractivity contribution in [2.75, 3.05) is 13.3 Å². The van der Waals surface area contributed by atoms with E-state index >= 15 is 0 Å². The van der Waals surface area contributed by atoms with Crippen molar-refractivity contribution in [3.63, 3.8) is 0 Å². The van der Waals surface area contributed by atoms with Gasteiger partial charge in [-0.25, -0.2) is 27.5 Å². The van der Waals surface area contributed by atoms with Crippen LogP contribution in [0.2, 0.25) is 5.02 Å². The molecule has 0 bridgehead atoms. The van der Waals surface area contributed by atoms with Gasteiger partial charge in [-0.3, -0.25) is 4.79 Å². The van der Waals surface area contributed by atoms with Crippen molar-refractivity contribution in [1.82, 2.24) is 19.9 Å². The maximum Gasteiger partial charge on any atom is 0.342 e. The molecule has 0 aliphatic carbocycles. The maximum absolute atomic E-state index is 14.1. The fraction of sp³-hybridized carbons (Fsp3) is 0.200. The van der Waals surface area contributed by atoms with Crippen LogP contribution in [0.3, 0.4) is 0 Å². The first-order valence-electron chi connectivity index (χ1n) is 9.22. The van der Waals surface area contributed by atoms with Crippen LogP contribution in [0.4, 0.5) is 13.2 Å². The molecule has 0 saturated heterocycles. The standard InChI is InChI=1S/C20H14ClF3N4O4/c21-16-12-4-10(24)5-13(20(30)31-11(6-22)7-23)17(12)32-15(16)9-26-19(29)14-8-27-28-3-1-2-25-18(14)28/h1-5,8,11H,6-7,9H2,(H,26,29). The summed E-state index contributed by atoms with van der Waals surface area (Å²) in [6, 6.07) is 3.49. The fourth-order valence-corrected chi connectivity index (χ4v) is 3.26. The van der Waals surface area contributed by atoms with E-state index in [0.29, 0.717) is 5.65 Å². The number of alkyl halides is 2. The number of hydrogen-bond acceptors (Lipinski definition) is 6. The highest BCUT2D eigenvalue weighted by atomic mass is 35.5. The summed E-state index contributed by atoms with van der Waals surface area (Å²) >= 11 is 6.26. The first kappa shape index (κ1) is 21.6. The number of hydrogen-bond donors (Lipinski definition) is 1. The number of nitrogens with one attached hydrogen (secondary N) is 1. The Morgan fingerprint density at radius 3 is 2.78 bits per heavy atom. The Labute approximate surface area is 182 Å². The zero-order valence-electron chi connectivity index (χ0n) is 16.1. The third-order valence-electron chi connectivity index (χ3n) is 4.53. The lowest BCUT2D eigenvalue weighted by Gasteiger charge is -2.11. The summed E-state index contributed by atoms with van der Waals surface area (Å²) in [7, 11) is 0. The Morgan fingerprint density at radius 1 is 1.25 bits per heavy atom. The molecule has 0 spiro atoms. The summed E-state index contributed by atoms with van der Waals surface area (Å²) in [4.78, 5) is 28.9. The number of aromatic nitrogens is 3. The number of furan rings is 1. The molecule has 0 radical (unpaired) electrons. The molecule has 0 unspecified atom stereocenters. The number of fused-ring (bicyclic) bond motifs is 2. The van der Waals surface area contributed by atoms with Crippen molar-refractivity contribution in [3.05, 3.63) is 64.5 Å². The SMILES string of the molecule is O=C(OC(CF)CF)c1cc(F)cc2c(Cl)c(CNC(=O)c3cnn4cccnc34)oc12. The highest BCUT2D eigenvalue weighted by molar-refractivity contribution is 6.36. The second kappa shape index (κ2) is 8.87. The van der Waals surface area contributed by atoms with Crippen molar-refractivity contribution in [1.29, 1.82) is 0 Å². The topological polar surface area (TPSA) is 98.7 Å². The van der Waals surface area contributed by atoms with Crippen LogP contribution in [-0.2, 0) is 11.3 Å². The van der Waals surface area contributed by atoms with Gasteiger partial charge in [0.15, 0.2) is 17.3 Å². The van der Waals surface area contributed by atoms with Gasteiger partial charge in [0, 0.05) is 17.8 Å². The van der Waals surface area contributed by atoms with Crippen LogP contribution in [-0.4, -0.2) is 45.9 Å². The summed E-state index contributed by atoms with van der Waals surface area (Å²) in [6.07, 6.45) is 2.86. The van der Waals surface area contributed by atoms with Crippen LogP contribution in [0.1, 0.15) is 26.5 Å². The molecule has 166 valence electrons. The third kappa shape index (κ3) is 3.98. The van der Waals surface area contributed by atoms with Crippen LogP contribution in [0.15, 0.2) is 41.2 Å². The van der Waals surface area contributed by atoms with Crippen molar-refractivity contribution in [2.45, 2.75) is 12.6 Å². The monoisotopic (exact) mass is 466 g/mol. The summed E-state index contributed by atoms with van der Waals surface area (Å²) in [5, 5.41) is 6.61. The van der Waals surface area contributed by atoms with Crippen molar-refractivity contribution >= 4 is 40.1 Å². The number of amides is 1. The molecule has 4 rings (SSSR count).